The number of unbranched alkanes of at least 4 members (excludes halogenated alkanes) is 1. The van der Waals surface area contributed by atoms with Gasteiger partial charge in [0.1, 0.15) is 18.3 Å². The van der Waals surface area contributed by atoms with Crippen LogP contribution in [-0.2, 0) is 32.6 Å². The molecule has 1 N–H and O–H groups in total. The minimum atomic E-state index is -4.73. The molecule has 0 saturated carbocycles. The van der Waals surface area contributed by atoms with Crippen LogP contribution in [0.25, 0.3) is 0 Å². The molecule has 0 aliphatic carbocycles. The Labute approximate surface area is 312 Å². The average molecular weight is 776 g/mol. The van der Waals surface area contributed by atoms with Gasteiger partial charge in [0.05, 0.1) is 22.6 Å². The van der Waals surface area contributed by atoms with Gasteiger partial charge in [-0.2, -0.15) is 0 Å². The summed E-state index contributed by atoms with van der Waals surface area (Å²) in [5.41, 5.74) is 0.788. The zero-order valence-corrected chi connectivity index (χ0v) is 31.2. The minimum Gasteiger partial charge on any atom is -0.495 e. The average Bonchev–Trinajstić information content (AvgIpc) is 3.10. The van der Waals surface area contributed by atoms with Crippen LogP contribution >= 0.6 is 34.8 Å². The second kappa shape index (κ2) is 17.7. The number of ether oxygens (including phenoxy) is 1. The van der Waals surface area contributed by atoms with Crippen LogP contribution in [0.3, 0.4) is 0 Å². The molecule has 2 amide bonds. The lowest BCUT2D eigenvalue weighted by atomic mass is 10.0. The lowest BCUT2D eigenvalue weighted by Crippen LogP contribution is -2.53. The van der Waals surface area contributed by atoms with Crippen molar-refractivity contribution in [3.63, 3.8) is 0 Å². The van der Waals surface area contributed by atoms with Crippen LogP contribution in [0.1, 0.15) is 36.5 Å². The molecule has 0 spiro atoms. The lowest BCUT2D eigenvalue weighted by Gasteiger charge is -2.34. The van der Waals surface area contributed by atoms with Crippen LogP contribution in [0.4, 0.5) is 11.4 Å². The summed E-state index contributed by atoms with van der Waals surface area (Å²) in [5, 5.41) is 15.3. The monoisotopic (exact) mass is 774 g/mol. The van der Waals surface area contributed by atoms with Crippen LogP contribution < -0.4 is 14.4 Å². The van der Waals surface area contributed by atoms with Gasteiger partial charge in [-0.25, -0.2) is 8.42 Å². The predicted octanol–water partition coefficient (Wildman–Crippen LogP) is 7.62. The first-order valence-corrected chi connectivity index (χ1v) is 18.5. The fourth-order valence-corrected chi connectivity index (χ4v) is 7.48. The van der Waals surface area contributed by atoms with E-state index in [1.807, 2.05) is 25.1 Å². The standard InChI is InChI=1S/C36H37Cl3N4O7S/c1-4-5-18-40-36(45)33(19-25-10-7-6-8-11-25)41(22-28-29(38)12-9-13-30(28)39)35(44)23-42(32-20-26(37)15-17-34(32)50-3)51(48,49)27-16-14-24(2)31(21-27)43(46)47/h6-17,20-21,33H,4-5,18-19,22-23H2,1-3H3,(H,40,45). The third-order valence-corrected chi connectivity index (χ3v) is 10.8. The van der Waals surface area contributed by atoms with Crippen LogP contribution in [-0.4, -0.2) is 56.3 Å². The van der Waals surface area contributed by atoms with Gasteiger partial charge in [0.25, 0.3) is 15.7 Å². The van der Waals surface area contributed by atoms with Crippen LogP contribution in [0.2, 0.25) is 15.1 Å². The van der Waals surface area contributed by atoms with Crippen molar-refractivity contribution in [1.82, 2.24) is 10.2 Å². The van der Waals surface area contributed by atoms with E-state index in [0.29, 0.717) is 18.5 Å². The van der Waals surface area contributed by atoms with Crippen molar-refractivity contribution in [1.29, 1.82) is 0 Å². The summed E-state index contributed by atoms with van der Waals surface area (Å²) in [6.45, 7) is 2.68. The van der Waals surface area contributed by atoms with E-state index in [-0.39, 0.29) is 45.0 Å². The molecule has 4 rings (SSSR count). The van der Waals surface area contributed by atoms with Gasteiger partial charge >= 0.3 is 0 Å². The maximum Gasteiger partial charge on any atom is 0.273 e. The number of hydrogen-bond donors (Lipinski definition) is 1. The second-order valence-corrected chi connectivity index (χ2v) is 14.7. The molecule has 51 heavy (non-hydrogen) atoms. The quantitative estimate of drug-likeness (QED) is 0.0702. The van der Waals surface area contributed by atoms with Crippen molar-refractivity contribution in [2.45, 2.75) is 50.6 Å². The molecule has 1 unspecified atom stereocenters. The number of hydrogen-bond acceptors (Lipinski definition) is 7. The number of nitrogens with zero attached hydrogens (tertiary/aromatic N) is 3. The number of sulfonamides is 1. The van der Waals surface area contributed by atoms with Crippen molar-refractivity contribution in [2.24, 2.45) is 0 Å². The molecule has 4 aromatic rings. The number of halogens is 3. The van der Waals surface area contributed by atoms with Crippen LogP contribution in [0.15, 0.2) is 89.8 Å². The lowest BCUT2D eigenvalue weighted by molar-refractivity contribution is -0.385. The zero-order valence-electron chi connectivity index (χ0n) is 28.1. The highest BCUT2D eigenvalue weighted by Gasteiger charge is 2.37. The van der Waals surface area contributed by atoms with Crippen LogP contribution in [0.5, 0.6) is 5.75 Å². The Hall–Kier alpha value is -4.36. The maximum absolute atomic E-state index is 14.8. The van der Waals surface area contributed by atoms with Crippen molar-refractivity contribution >= 4 is 68.0 Å². The van der Waals surface area contributed by atoms with Gasteiger partial charge in [0.2, 0.25) is 11.8 Å². The van der Waals surface area contributed by atoms with Gasteiger partial charge < -0.3 is 15.0 Å². The molecule has 0 heterocycles. The molecule has 270 valence electrons. The molecule has 0 aromatic heterocycles. The molecule has 11 nitrogen and oxygen atoms in total. The maximum atomic E-state index is 14.8. The first kappa shape index (κ1) is 39.4. The predicted molar refractivity (Wildman–Crippen MR) is 199 cm³/mol. The van der Waals surface area contributed by atoms with Gasteiger partial charge in [0.15, 0.2) is 0 Å². The van der Waals surface area contributed by atoms with E-state index in [1.165, 1.54) is 49.3 Å². The molecule has 0 radical (unpaired) electrons. The van der Waals surface area contributed by atoms with Crippen molar-refractivity contribution in [2.75, 3.05) is 24.5 Å². The molecule has 4 aromatic carbocycles. The molecule has 0 aliphatic rings. The fourth-order valence-electron chi connectivity index (χ4n) is 5.36. The first-order chi connectivity index (χ1) is 24.3. The number of nitro benzene ring substituents is 1. The molecular formula is C36H37Cl3N4O7S. The number of nitro groups is 1. The highest BCUT2D eigenvalue weighted by Crippen LogP contribution is 2.36. The zero-order chi connectivity index (χ0) is 37.3. The number of amides is 2. The number of carbonyl (C=O) groups excluding carboxylic acids is 2. The molecule has 0 fully saturated rings. The smallest absolute Gasteiger partial charge is 0.273 e. The summed E-state index contributed by atoms with van der Waals surface area (Å²) in [4.78, 5) is 40.7. The Morgan fingerprint density at radius 1 is 0.961 bits per heavy atom. The van der Waals surface area contributed by atoms with Crippen molar-refractivity contribution in [3.8, 4) is 5.75 Å². The van der Waals surface area contributed by atoms with E-state index in [1.54, 1.807) is 30.3 Å². The van der Waals surface area contributed by atoms with E-state index < -0.39 is 49.9 Å². The van der Waals surface area contributed by atoms with Gasteiger partial charge in [-0.05, 0) is 55.3 Å². The van der Waals surface area contributed by atoms with E-state index in [2.05, 4.69) is 5.32 Å². The van der Waals surface area contributed by atoms with E-state index in [0.717, 1.165) is 22.4 Å². The highest BCUT2D eigenvalue weighted by molar-refractivity contribution is 7.92. The molecule has 1 atom stereocenters. The number of anilines is 1. The van der Waals surface area contributed by atoms with E-state index in [4.69, 9.17) is 39.5 Å². The third-order valence-electron chi connectivity index (χ3n) is 8.14. The number of rotatable bonds is 16. The molecule has 0 bridgehead atoms. The van der Waals surface area contributed by atoms with Crippen LogP contribution in [0, 0.1) is 17.0 Å². The Kier molecular flexibility index (Phi) is 13.7. The second-order valence-electron chi connectivity index (χ2n) is 11.6. The Morgan fingerprint density at radius 3 is 2.27 bits per heavy atom. The molecule has 0 saturated heterocycles. The minimum absolute atomic E-state index is 0.0521. The van der Waals surface area contributed by atoms with Crippen molar-refractivity contribution < 1.29 is 27.7 Å². The van der Waals surface area contributed by atoms with Gasteiger partial charge in [-0.15, -0.1) is 0 Å². The summed E-state index contributed by atoms with van der Waals surface area (Å²) in [7, 11) is -3.41. The summed E-state index contributed by atoms with van der Waals surface area (Å²) in [5.74, 6) is -1.21. The first-order valence-electron chi connectivity index (χ1n) is 15.9. The highest BCUT2D eigenvalue weighted by atomic mass is 35.5. The molecule has 15 heteroatoms. The SMILES string of the molecule is CCCCNC(=O)C(Cc1ccccc1)N(Cc1c(Cl)cccc1Cl)C(=O)CN(c1cc(Cl)ccc1OC)S(=O)(=O)c1ccc(C)c([N+](=O)[O-])c1. The summed E-state index contributed by atoms with van der Waals surface area (Å²) < 4.78 is 35.3. The van der Waals surface area contributed by atoms with E-state index in [9.17, 15) is 28.1 Å². The third kappa shape index (κ3) is 9.70. The normalized spacial score (nSPS) is 11.8. The fraction of sp³-hybridized carbons (Fsp3) is 0.278. The number of methoxy groups -OCH3 is 1. The topological polar surface area (TPSA) is 139 Å². The van der Waals surface area contributed by atoms with Gasteiger partial charge in [0, 0.05) is 51.8 Å². The van der Waals surface area contributed by atoms with Gasteiger partial charge in [-0.1, -0.05) is 90.6 Å². The van der Waals surface area contributed by atoms with Gasteiger partial charge in [-0.3, -0.25) is 24.0 Å². The Balaban J connectivity index is 1.91. The molecular weight excluding hydrogens is 739 g/mol. The summed E-state index contributed by atoms with van der Waals surface area (Å²) >= 11 is 19.5. The summed E-state index contributed by atoms with van der Waals surface area (Å²) in [6, 6.07) is 20.4. The number of benzene rings is 4. The number of nitrogens with one attached hydrogen (secondary N) is 1. The summed E-state index contributed by atoms with van der Waals surface area (Å²) in [6.07, 6.45) is 1.58. The number of carbonyl (C=O) groups is 2. The number of aryl methyl sites for hydroxylation is 1. The Bertz CT molecular complexity index is 1980. The Morgan fingerprint density at radius 2 is 1.65 bits per heavy atom. The van der Waals surface area contributed by atoms with Crippen molar-refractivity contribution in [3.05, 3.63) is 127 Å². The largest absolute Gasteiger partial charge is 0.495 e. The molecule has 0 aliphatic heterocycles. The van der Waals surface area contributed by atoms with E-state index >= 15 is 0 Å².